The molecule has 0 unspecified atom stereocenters. The third-order valence-corrected chi connectivity index (χ3v) is 7.23. The number of nitrogens with one attached hydrogen (secondary N) is 1. The van der Waals surface area contributed by atoms with Crippen molar-refractivity contribution in [2.24, 2.45) is 0 Å². The summed E-state index contributed by atoms with van der Waals surface area (Å²) in [5, 5.41) is 14.9. The molecule has 0 fully saturated rings. The Morgan fingerprint density at radius 1 is 0.895 bits per heavy atom. The van der Waals surface area contributed by atoms with Crippen molar-refractivity contribution in [3.05, 3.63) is 137 Å². The topological polar surface area (TPSA) is 82.5 Å². The van der Waals surface area contributed by atoms with E-state index in [4.69, 9.17) is 0 Å². The van der Waals surface area contributed by atoms with Crippen molar-refractivity contribution in [1.82, 2.24) is 15.2 Å². The van der Waals surface area contributed by atoms with Crippen molar-refractivity contribution >= 4 is 11.8 Å². The molecule has 192 valence electrons. The second kappa shape index (κ2) is 11.0. The van der Waals surface area contributed by atoms with Gasteiger partial charge in [-0.1, -0.05) is 97.1 Å². The molecule has 0 radical (unpaired) electrons. The second-order valence-corrected chi connectivity index (χ2v) is 9.72. The molecule has 0 spiro atoms. The van der Waals surface area contributed by atoms with E-state index >= 15 is 0 Å². The number of carbonyl (C=O) groups excluding carboxylic acids is 2. The van der Waals surface area contributed by atoms with E-state index in [0.29, 0.717) is 42.8 Å². The maximum absolute atomic E-state index is 13.3. The predicted octanol–water partition coefficient (Wildman–Crippen LogP) is 4.26. The molecule has 6 heteroatoms. The third-order valence-electron chi connectivity index (χ3n) is 7.23. The summed E-state index contributed by atoms with van der Waals surface area (Å²) in [6, 6.07) is 31.4. The van der Waals surface area contributed by atoms with Crippen LogP contribution in [0.25, 0.3) is 0 Å². The number of fused-ring (bicyclic) bond motifs is 1. The fraction of sp³-hybridized carbons (Fsp3) is 0.219. The van der Waals surface area contributed by atoms with Gasteiger partial charge in [0.1, 0.15) is 11.3 Å². The molecule has 2 N–H and O–H groups in total. The van der Waals surface area contributed by atoms with Gasteiger partial charge in [-0.15, -0.1) is 0 Å². The summed E-state index contributed by atoms with van der Waals surface area (Å²) in [6.45, 7) is 2.84. The quantitative estimate of drug-likeness (QED) is 0.393. The normalized spacial score (nSPS) is 13.9. The molecule has 2 heterocycles. The lowest BCUT2D eigenvalue weighted by molar-refractivity contribution is -0.131. The van der Waals surface area contributed by atoms with Crippen LogP contribution in [0.1, 0.15) is 45.4 Å². The van der Waals surface area contributed by atoms with Crippen molar-refractivity contribution in [2.75, 3.05) is 6.54 Å². The number of nitrogens with zero attached hydrogens (tertiary/aromatic N) is 2. The Hall–Kier alpha value is -4.29. The predicted molar refractivity (Wildman–Crippen MR) is 146 cm³/mol. The molecule has 38 heavy (non-hydrogen) atoms. The van der Waals surface area contributed by atoms with E-state index in [2.05, 4.69) is 10.3 Å². The van der Waals surface area contributed by atoms with E-state index in [0.717, 1.165) is 16.8 Å². The number of hydrogen-bond donors (Lipinski definition) is 2. The number of rotatable bonds is 7. The van der Waals surface area contributed by atoms with E-state index in [1.165, 1.54) is 0 Å². The highest BCUT2D eigenvalue weighted by Gasteiger charge is 2.38. The smallest absolute Gasteiger partial charge is 0.270 e. The van der Waals surface area contributed by atoms with Crippen LogP contribution in [0.3, 0.4) is 0 Å². The molecule has 1 aliphatic heterocycles. The molecule has 0 aliphatic carbocycles. The van der Waals surface area contributed by atoms with Crippen LogP contribution in [0.2, 0.25) is 0 Å². The van der Waals surface area contributed by atoms with Crippen molar-refractivity contribution in [1.29, 1.82) is 0 Å². The Morgan fingerprint density at radius 3 is 2.08 bits per heavy atom. The van der Waals surface area contributed by atoms with Crippen LogP contribution in [0.5, 0.6) is 0 Å². The summed E-state index contributed by atoms with van der Waals surface area (Å²) < 4.78 is 0. The largest absolute Gasteiger partial charge is 0.378 e. The van der Waals surface area contributed by atoms with Crippen LogP contribution < -0.4 is 5.32 Å². The molecule has 1 aliphatic rings. The van der Waals surface area contributed by atoms with Gasteiger partial charge < -0.3 is 15.3 Å². The zero-order chi connectivity index (χ0) is 26.5. The minimum Gasteiger partial charge on any atom is -0.378 e. The van der Waals surface area contributed by atoms with Gasteiger partial charge in [-0.3, -0.25) is 9.59 Å². The third kappa shape index (κ3) is 5.22. The van der Waals surface area contributed by atoms with Crippen molar-refractivity contribution < 1.29 is 14.7 Å². The molecule has 6 nitrogen and oxygen atoms in total. The van der Waals surface area contributed by atoms with Crippen molar-refractivity contribution in [3.63, 3.8) is 0 Å². The Labute approximate surface area is 223 Å². The molecule has 5 rings (SSSR count). The first-order valence-corrected chi connectivity index (χ1v) is 12.9. The first-order valence-electron chi connectivity index (χ1n) is 12.9. The van der Waals surface area contributed by atoms with E-state index in [1.807, 2.05) is 102 Å². The van der Waals surface area contributed by atoms with Crippen molar-refractivity contribution in [2.45, 2.75) is 38.0 Å². The summed E-state index contributed by atoms with van der Waals surface area (Å²) >= 11 is 0. The lowest BCUT2D eigenvalue weighted by Gasteiger charge is -2.35. The summed E-state index contributed by atoms with van der Waals surface area (Å²) in [5.74, 6) is -0.272. The average molecular weight is 506 g/mol. The van der Waals surface area contributed by atoms with Gasteiger partial charge in [0, 0.05) is 25.2 Å². The highest BCUT2D eigenvalue weighted by Crippen LogP contribution is 2.33. The number of hydrogen-bond acceptors (Lipinski definition) is 4. The van der Waals surface area contributed by atoms with Gasteiger partial charge in [-0.2, -0.15) is 0 Å². The zero-order valence-electron chi connectivity index (χ0n) is 21.4. The number of pyridine rings is 1. The highest BCUT2D eigenvalue weighted by molar-refractivity contribution is 5.92. The molecule has 0 saturated carbocycles. The summed E-state index contributed by atoms with van der Waals surface area (Å²) in [7, 11) is 0. The van der Waals surface area contributed by atoms with Gasteiger partial charge in [-0.25, -0.2) is 4.98 Å². The summed E-state index contributed by atoms with van der Waals surface area (Å²) in [4.78, 5) is 32.6. The first-order chi connectivity index (χ1) is 18.4. The van der Waals surface area contributed by atoms with E-state index < -0.39 is 11.6 Å². The van der Waals surface area contributed by atoms with Gasteiger partial charge in [0.25, 0.3) is 5.91 Å². The summed E-state index contributed by atoms with van der Waals surface area (Å²) in [5.41, 5.74) is 3.03. The SMILES string of the molecule is C[C@H](NC(=O)c1ccc2c(n1)CCN(C(=O)Cc1ccccc1)C2)C(O)(c1ccccc1)c1ccccc1. The molecular formula is C32H31N3O3. The van der Waals surface area contributed by atoms with Gasteiger partial charge >= 0.3 is 0 Å². The van der Waals surface area contributed by atoms with Crippen LogP contribution >= 0.6 is 0 Å². The standard InChI is InChI=1S/C32H31N3O3/c1-23(32(38,26-13-7-3-8-14-26)27-15-9-4-10-16-27)33-31(37)29-18-17-25-22-35(20-19-28(25)34-29)30(36)21-24-11-5-2-6-12-24/h2-18,23,38H,19-22H2,1H3,(H,33,37)/t23-/m0/s1. The number of carbonyl (C=O) groups is 2. The van der Waals surface area contributed by atoms with Crippen LogP contribution in [0, 0.1) is 0 Å². The molecule has 1 atom stereocenters. The summed E-state index contributed by atoms with van der Waals surface area (Å²) in [6.07, 6.45) is 0.957. The minimum atomic E-state index is -1.42. The highest BCUT2D eigenvalue weighted by atomic mass is 16.3. The van der Waals surface area contributed by atoms with Crippen LogP contribution in [-0.2, 0) is 29.8 Å². The maximum Gasteiger partial charge on any atom is 0.270 e. The zero-order valence-corrected chi connectivity index (χ0v) is 21.4. The Balaban J connectivity index is 1.30. The number of amides is 2. The Bertz CT molecular complexity index is 1370. The number of aliphatic hydroxyl groups is 1. The monoisotopic (exact) mass is 505 g/mol. The Kier molecular flexibility index (Phi) is 7.33. The molecule has 0 bridgehead atoms. The lowest BCUT2D eigenvalue weighted by Crippen LogP contribution is -2.50. The molecular weight excluding hydrogens is 474 g/mol. The van der Waals surface area contributed by atoms with Crippen LogP contribution in [-0.4, -0.2) is 39.4 Å². The fourth-order valence-electron chi connectivity index (χ4n) is 5.06. The number of benzene rings is 3. The second-order valence-electron chi connectivity index (χ2n) is 9.72. The van der Waals surface area contributed by atoms with E-state index in [-0.39, 0.29) is 11.8 Å². The molecule has 1 aromatic heterocycles. The van der Waals surface area contributed by atoms with Crippen LogP contribution in [0.15, 0.2) is 103 Å². The molecule has 3 aromatic carbocycles. The lowest BCUT2D eigenvalue weighted by atomic mass is 9.80. The number of aromatic nitrogens is 1. The fourth-order valence-corrected chi connectivity index (χ4v) is 5.06. The van der Waals surface area contributed by atoms with Gasteiger partial charge in [0.05, 0.1) is 12.5 Å². The van der Waals surface area contributed by atoms with Crippen LogP contribution in [0.4, 0.5) is 0 Å². The Morgan fingerprint density at radius 2 is 1.47 bits per heavy atom. The van der Waals surface area contributed by atoms with Gasteiger partial charge in [-0.05, 0) is 35.2 Å². The first kappa shape index (κ1) is 25.4. The van der Waals surface area contributed by atoms with Crippen molar-refractivity contribution in [3.8, 4) is 0 Å². The molecule has 0 saturated heterocycles. The average Bonchev–Trinajstić information content (AvgIpc) is 2.97. The van der Waals surface area contributed by atoms with E-state index in [1.54, 1.807) is 13.0 Å². The van der Waals surface area contributed by atoms with Gasteiger partial charge in [0.2, 0.25) is 5.91 Å². The maximum atomic E-state index is 13.3. The minimum absolute atomic E-state index is 0.0820. The molecule has 2 amide bonds. The molecule has 4 aromatic rings. The van der Waals surface area contributed by atoms with E-state index in [9.17, 15) is 14.7 Å². The van der Waals surface area contributed by atoms with Gasteiger partial charge in [0.15, 0.2) is 0 Å².